The van der Waals surface area contributed by atoms with E-state index in [1.165, 1.54) is 115 Å². The number of hydrogen-bond donors (Lipinski definition) is 0. The number of rotatable bonds is 22. The van der Waals surface area contributed by atoms with Gasteiger partial charge in [0.15, 0.2) is 11.4 Å². The van der Waals surface area contributed by atoms with Crippen LogP contribution in [-0.2, 0) is 13.0 Å². The van der Waals surface area contributed by atoms with Gasteiger partial charge in [-0.15, -0.1) is 0 Å². The molecule has 5 heteroatoms. The van der Waals surface area contributed by atoms with Gasteiger partial charge in [0.1, 0.15) is 0 Å². The summed E-state index contributed by atoms with van der Waals surface area (Å²) >= 11 is 0. The first-order valence-electron chi connectivity index (χ1n) is 17.0. The van der Waals surface area contributed by atoms with Gasteiger partial charge in [0, 0.05) is 6.54 Å². The van der Waals surface area contributed by atoms with E-state index in [-0.39, 0.29) is 0 Å². The van der Waals surface area contributed by atoms with Crippen LogP contribution in [0.5, 0.6) is 0 Å². The lowest BCUT2D eigenvalue weighted by Crippen LogP contribution is -2.27. The molecule has 0 saturated heterocycles. The Morgan fingerprint density at radius 3 is 1.33 bits per heavy atom. The van der Waals surface area contributed by atoms with Gasteiger partial charge in [0.05, 0.1) is 13.1 Å². The standard InChI is InChI=1S/C19H31N3.C19H30N2/c1-5-13-22(14-6-2)16-8-7-15-21(4)17-18-9-11-19(20-3)12-10-18;1-4-15-21(16-5-2)17-9-7-6-8-10-18-11-13-19(20-3)14-12-18/h9-12H,5-8,13-17H2,1-2,4H3;11-14H,4-10,15-17H2,1-2H3. The molecule has 43 heavy (non-hydrogen) atoms. The molecule has 2 aromatic rings. The summed E-state index contributed by atoms with van der Waals surface area (Å²) in [6.45, 7) is 32.5. The first-order chi connectivity index (χ1) is 21.0. The fourth-order valence-electron chi connectivity index (χ4n) is 5.47. The highest BCUT2D eigenvalue weighted by molar-refractivity contribution is 5.46. The smallest absolute Gasteiger partial charge is 0.187 e. The fourth-order valence-corrected chi connectivity index (χ4v) is 5.47. The second-order valence-electron chi connectivity index (χ2n) is 11.8. The van der Waals surface area contributed by atoms with Crippen molar-refractivity contribution in [2.75, 3.05) is 52.9 Å². The highest BCUT2D eigenvalue weighted by Gasteiger charge is 2.05. The Kier molecular flexibility index (Phi) is 23.0. The Morgan fingerprint density at radius 1 is 0.488 bits per heavy atom. The molecule has 238 valence electrons. The van der Waals surface area contributed by atoms with Crippen LogP contribution in [0.2, 0.25) is 0 Å². The molecule has 0 radical (unpaired) electrons. The minimum Gasteiger partial charge on any atom is -0.303 e. The molecule has 0 fully saturated rings. The van der Waals surface area contributed by atoms with E-state index in [9.17, 15) is 0 Å². The average molecular weight is 588 g/mol. The Balaban J connectivity index is 0.000000430. The molecule has 2 aromatic carbocycles. The van der Waals surface area contributed by atoms with Gasteiger partial charge in [0.25, 0.3) is 0 Å². The van der Waals surface area contributed by atoms with Gasteiger partial charge in [-0.2, -0.15) is 0 Å². The van der Waals surface area contributed by atoms with E-state index in [4.69, 9.17) is 13.1 Å². The number of benzene rings is 2. The highest BCUT2D eigenvalue weighted by Crippen LogP contribution is 2.16. The molecule has 5 nitrogen and oxygen atoms in total. The minimum absolute atomic E-state index is 0.721. The van der Waals surface area contributed by atoms with Crippen molar-refractivity contribution in [2.24, 2.45) is 0 Å². The second-order valence-corrected chi connectivity index (χ2v) is 11.8. The van der Waals surface area contributed by atoms with Crippen molar-refractivity contribution in [3.05, 3.63) is 82.5 Å². The average Bonchev–Trinajstić information content (AvgIpc) is 3.02. The molecule has 0 bridgehead atoms. The maximum Gasteiger partial charge on any atom is 0.187 e. The number of nitrogens with zero attached hydrogens (tertiary/aromatic N) is 5. The first-order valence-corrected chi connectivity index (χ1v) is 17.0. The van der Waals surface area contributed by atoms with E-state index in [2.05, 4.69) is 83.4 Å². The van der Waals surface area contributed by atoms with Gasteiger partial charge >= 0.3 is 0 Å². The van der Waals surface area contributed by atoms with Gasteiger partial charge in [0.2, 0.25) is 0 Å². The van der Waals surface area contributed by atoms with E-state index >= 15 is 0 Å². The molecule has 0 heterocycles. The van der Waals surface area contributed by atoms with Gasteiger partial charge in [-0.05, 0) is 116 Å². The van der Waals surface area contributed by atoms with Crippen LogP contribution in [0.4, 0.5) is 11.4 Å². The lowest BCUT2D eigenvalue weighted by Gasteiger charge is -2.22. The predicted molar refractivity (Wildman–Crippen MR) is 187 cm³/mol. The van der Waals surface area contributed by atoms with E-state index in [0.717, 1.165) is 30.9 Å². The van der Waals surface area contributed by atoms with Crippen LogP contribution in [0.25, 0.3) is 9.69 Å². The summed E-state index contributed by atoms with van der Waals surface area (Å²) in [5.41, 5.74) is 4.11. The molecule has 0 N–H and O–H groups in total. The van der Waals surface area contributed by atoms with Crippen LogP contribution >= 0.6 is 0 Å². The molecule has 0 atom stereocenters. The fraction of sp³-hybridized carbons (Fsp3) is 0.632. The number of unbranched alkanes of at least 4 members (excludes halogenated alkanes) is 4. The largest absolute Gasteiger partial charge is 0.303 e. The Bertz CT molecular complexity index is 991. The maximum atomic E-state index is 6.97. The zero-order valence-electron chi connectivity index (χ0n) is 28.3. The third-order valence-electron chi connectivity index (χ3n) is 7.70. The van der Waals surface area contributed by atoms with Gasteiger partial charge in [-0.25, -0.2) is 9.69 Å². The Morgan fingerprint density at radius 2 is 0.884 bits per heavy atom. The Hall–Kier alpha value is -2.70. The Labute approximate surface area is 265 Å². The summed E-state index contributed by atoms with van der Waals surface area (Å²) in [7, 11) is 2.18. The molecule has 2 rings (SSSR count). The van der Waals surface area contributed by atoms with E-state index in [1.54, 1.807) is 0 Å². The molecule has 0 aliphatic carbocycles. The highest BCUT2D eigenvalue weighted by atomic mass is 15.1. The monoisotopic (exact) mass is 587 g/mol. The van der Waals surface area contributed by atoms with Crippen LogP contribution in [0, 0.1) is 13.1 Å². The summed E-state index contributed by atoms with van der Waals surface area (Å²) in [5, 5.41) is 0. The lowest BCUT2D eigenvalue weighted by atomic mass is 10.1. The first kappa shape index (κ1) is 38.3. The summed E-state index contributed by atoms with van der Waals surface area (Å²) in [5.74, 6) is 0. The van der Waals surface area contributed by atoms with Crippen molar-refractivity contribution in [3.63, 3.8) is 0 Å². The molecule has 0 amide bonds. The molecule has 0 aromatic heterocycles. The van der Waals surface area contributed by atoms with E-state index in [0.29, 0.717) is 0 Å². The zero-order chi connectivity index (χ0) is 31.5. The lowest BCUT2D eigenvalue weighted by molar-refractivity contribution is 0.255. The molecular weight excluding hydrogens is 526 g/mol. The summed E-state index contributed by atoms with van der Waals surface area (Å²) in [6, 6.07) is 16.0. The van der Waals surface area contributed by atoms with Gasteiger partial charge in [-0.1, -0.05) is 94.6 Å². The van der Waals surface area contributed by atoms with Crippen LogP contribution in [0.1, 0.15) is 103 Å². The zero-order valence-corrected chi connectivity index (χ0v) is 28.3. The van der Waals surface area contributed by atoms with Gasteiger partial charge in [-0.3, -0.25) is 0 Å². The van der Waals surface area contributed by atoms with Crippen molar-refractivity contribution >= 4 is 11.4 Å². The van der Waals surface area contributed by atoms with Crippen LogP contribution in [0.15, 0.2) is 48.5 Å². The van der Waals surface area contributed by atoms with Crippen molar-refractivity contribution in [1.29, 1.82) is 0 Å². The summed E-state index contributed by atoms with van der Waals surface area (Å²) < 4.78 is 0. The van der Waals surface area contributed by atoms with Crippen molar-refractivity contribution in [3.8, 4) is 0 Å². The van der Waals surface area contributed by atoms with Gasteiger partial charge < -0.3 is 14.7 Å². The third-order valence-corrected chi connectivity index (χ3v) is 7.70. The maximum absolute atomic E-state index is 6.97. The molecule has 0 saturated carbocycles. The third kappa shape index (κ3) is 19.2. The summed E-state index contributed by atoms with van der Waals surface area (Å²) in [6.07, 6.45) is 14.0. The van der Waals surface area contributed by atoms with E-state index in [1.807, 2.05) is 24.3 Å². The molecule has 0 aliphatic rings. The number of aryl methyl sites for hydroxylation is 1. The molecule has 0 aliphatic heterocycles. The van der Waals surface area contributed by atoms with Crippen LogP contribution in [0.3, 0.4) is 0 Å². The summed E-state index contributed by atoms with van der Waals surface area (Å²) in [4.78, 5) is 14.4. The van der Waals surface area contributed by atoms with Crippen LogP contribution in [-0.4, -0.2) is 67.6 Å². The SMILES string of the molecule is [C-]#[N+]c1ccc(CCCCCCN(CCC)CCC)cc1.[C-]#[N+]c1ccc(CN(C)CCCCN(CCC)CCC)cc1. The predicted octanol–water partition coefficient (Wildman–Crippen LogP) is 10.0. The van der Waals surface area contributed by atoms with Crippen molar-refractivity contribution < 1.29 is 0 Å². The van der Waals surface area contributed by atoms with Crippen molar-refractivity contribution in [1.82, 2.24) is 14.7 Å². The molecule has 0 spiro atoms. The molecular formula is C38H61N5. The van der Waals surface area contributed by atoms with Crippen molar-refractivity contribution in [2.45, 2.75) is 105 Å². The minimum atomic E-state index is 0.721. The second kappa shape index (κ2) is 25.8. The number of hydrogen-bond acceptors (Lipinski definition) is 3. The van der Waals surface area contributed by atoms with Crippen LogP contribution < -0.4 is 0 Å². The molecule has 0 unspecified atom stereocenters. The normalized spacial score (nSPS) is 10.9. The quantitative estimate of drug-likeness (QED) is 0.101. The topological polar surface area (TPSA) is 18.4 Å². The van der Waals surface area contributed by atoms with E-state index < -0.39 is 0 Å².